The molecule has 0 saturated carbocycles. The van der Waals surface area contributed by atoms with E-state index < -0.39 is 45.3 Å². The summed E-state index contributed by atoms with van der Waals surface area (Å²) in [5.74, 6) is -3.60. The summed E-state index contributed by atoms with van der Waals surface area (Å²) in [7, 11) is 0. The number of hydrogen-bond acceptors (Lipinski definition) is 3. The Morgan fingerprint density at radius 2 is 1.26 bits per heavy atom. The van der Waals surface area contributed by atoms with E-state index in [1.165, 1.54) is 0 Å². The van der Waals surface area contributed by atoms with Crippen LogP contribution in [0.1, 0.15) is 47.2 Å². The molecule has 8 heteroatoms. The first-order valence-corrected chi connectivity index (χ1v) is 14.5. The molecule has 1 saturated heterocycles. The summed E-state index contributed by atoms with van der Waals surface area (Å²) in [6.07, 6.45) is 0. The lowest BCUT2D eigenvalue weighted by Crippen LogP contribution is -2.57. The summed E-state index contributed by atoms with van der Waals surface area (Å²) in [4.78, 5) is 41.1. The maximum absolute atomic E-state index is 14.4. The average molecular weight is 626 g/mol. The summed E-state index contributed by atoms with van der Waals surface area (Å²) >= 11 is 18.6. The van der Waals surface area contributed by atoms with Gasteiger partial charge in [0.15, 0.2) is 0 Å². The lowest BCUT2D eigenvalue weighted by molar-refractivity contribution is -0.148. The van der Waals surface area contributed by atoms with E-state index in [1.807, 2.05) is 88.4 Å². The van der Waals surface area contributed by atoms with Gasteiger partial charge in [0, 0.05) is 10.2 Å². The van der Waals surface area contributed by atoms with Gasteiger partial charge in [-0.3, -0.25) is 19.3 Å². The molecule has 1 heterocycles. The summed E-state index contributed by atoms with van der Waals surface area (Å²) in [5, 5.41) is 2.98. The molecule has 3 aromatic rings. The number of nitrogens with zero attached hydrogens (tertiary/aromatic N) is 1. The molecule has 1 aliphatic heterocycles. The summed E-state index contributed by atoms with van der Waals surface area (Å²) in [5.41, 5.74) is 5.45. The second-order valence-corrected chi connectivity index (χ2v) is 13.1. The Hall–Kier alpha value is -2.67. The van der Waals surface area contributed by atoms with Crippen molar-refractivity contribution < 1.29 is 14.4 Å². The van der Waals surface area contributed by atoms with E-state index in [-0.39, 0.29) is 5.92 Å². The Kier molecular flexibility index (Phi) is 6.07. The molecule has 5 nitrogen and oxygen atoms in total. The highest BCUT2D eigenvalue weighted by Crippen LogP contribution is 2.69. The number of imide groups is 1. The van der Waals surface area contributed by atoms with E-state index in [0.717, 1.165) is 42.8 Å². The van der Waals surface area contributed by atoms with E-state index in [9.17, 15) is 14.4 Å². The van der Waals surface area contributed by atoms with Crippen LogP contribution in [0.5, 0.6) is 0 Å². The Balaban J connectivity index is 1.47. The SMILES string of the molecule is Cc1c(Br)ccc(NC(=O)[C@H](C(C)C)N2C(=O)[C@@H]3[C@H](C2=O)C2(Cl)c4ccccc4C3(Cl)c3ccccc32)c1C. The first-order valence-electron chi connectivity index (χ1n) is 13.0. The minimum absolute atomic E-state index is 0.352. The third-order valence-corrected chi connectivity index (χ3v) is 10.9. The number of rotatable bonds is 4. The summed E-state index contributed by atoms with van der Waals surface area (Å²) < 4.78 is 0.932. The van der Waals surface area contributed by atoms with Crippen LogP contribution in [-0.2, 0) is 24.1 Å². The number of nitrogens with one attached hydrogen (secondary N) is 1. The van der Waals surface area contributed by atoms with E-state index in [4.69, 9.17) is 23.2 Å². The number of alkyl halides is 2. The first-order chi connectivity index (χ1) is 18.5. The standard InChI is InChI=1S/C31H27BrCl2N2O3/c1-15(2)26(27(37)35-23-14-13-22(32)16(3)17(23)4)36-28(38)24-25(29(36)39)31(34)19-10-6-5-9-18(19)30(24,33)20-11-7-8-12-21(20)31/h5-15,24-26H,1-4H3,(H,35,37)/t24-,25+,26-,30?,31?/m0/s1. The van der Waals surface area contributed by atoms with Crippen molar-refractivity contribution in [1.82, 2.24) is 4.90 Å². The minimum Gasteiger partial charge on any atom is -0.324 e. The summed E-state index contributed by atoms with van der Waals surface area (Å²) in [6, 6.07) is 17.7. The Morgan fingerprint density at radius 1 is 0.821 bits per heavy atom. The number of carbonyl (C=O) groups is 3. The van der Waals surface area contributed by atoms with Gasteiger partial charge in [-0.15, -0.1) is 23.2 Å². The molecule has 2 bridgehead atoms. The smallest absolute Gasteiger partial charge is 0.247 e. The van der Waals surface area contributed by atoms with Crippen molar-refractivity contribution in [1.29, 1.82) is 0 Å². The zero-order chi connectivity index (χ0) is 28.0. The van der Waals surface area contributed by atoms with Crippen LogP contribution in [0.4, 0.5) is 5.69 Å². The molecular weight excluding hydrogens is 599 g/mol. The predicted octanol–water partition coefficient (Wildman–Crippen LogP) is 6.62. The fraction of sp³-hybridized carbons (Fsp3) is 0.323. The maximum atomic E-state index is 14.4. The van der Waals surface area contributed by atoms with Crippen molar-refractivity contribution in [3.63, 3.8) is 0 Å². The lowest BCUT2D eigenvalue weighted by atomic mass is 9.54. The Labute approximate surface area is 246 Å². The zero-order valence-electron chi connectivity index (χ0n) is 21.9. The first kappa shape index (κ1) is 26.5. The predicted molar refractivity (Wildman–Crippen MR) is 156 cm³/mol. The molecule has 4 aliphatic rings. The molecule has 7 rings (SSSR count). The van der Waals surface area contributed by atoms with Crippen LogP contribution in [0.3, 0.4) is 0 Å². The molecule has 1 N–H and O–H groups in total. The molecule has 0 aromatic heterocycles. The molecule has 3 atom stereocenters. The highest BCUT2D eigenvalue weighted by atomic mass is 79.9. The van der Waals surface area contributed by atoms with Crippen LogP contribution < -0.4 is 5.32 Å². The molecule has 3 aromatic carbocycles. The van der Waals surface area contributed by atoms with Crippen LogP contribution >= 0.6 is 39.1 Å². The number of carbonyl (C=O) groups excluding carboxylic acids is 3. The monoisotopic (exact) mass is 624 g/mol. The van der Waals surface area contributed by atoms with Crippen molar-refractivity contribution in [3.05, 3.63) is 98.5 Å². The van der Waals surface area contributed by atoms with E-state index in [1.54, 1.807) is 0 Å². The maximum Gasteiger partial charge on any atom is 0.247 e. The average Bonchev–Trinajstić information content (AvgIpc) is 3.18. The molecule has 3 aliphatic carbocycles. The van der Waals surface area contributed by atoms with Crippen LogP contribution in [0.2, 0.25) is 0 Å². The third kappa shape index (κ3) is 3.34. The Morgan fingerprint density at radius 3 is 1.67 bits per heavy atom. The van der Waals surface area contributed by atoms with Crippen LogP contribution in [0.15, 0.2) is 65.1 Å². The van der Waals surface area contributed by atoms with Gasteiger partial charge in [0.1, 0.15) is 15.8 Å². The minimum atomic E-state index is -1.28. The second kappa shape index (κ2) is 8.92. The van der Waals surface area contributed by atoms with Gasteiger partial charge in [-0.1, -0.05) is 78.3 Å². The number of hydrogen-bond donors (Lipinski definition) is 1. The van der Waals surface area contributed by atoms with E-state index in [2.05, 4.69) is 21.2 Å². The molecule has 39 heavy (non-hydrogen) atoms. The highest BCUT2D eigenvalue weighted by molar-refractivity contribution is 9.10. The van der Waals surface area contributed by atoms with E-state index >= 15 is 0 Å². The van der Waals surface area contributed by atoms with Gasteiger partial charge >= 0.3 is 0 Å². The van der Waals surface area contributed by atoms with Gasteiger partial charge in [-0.25, -0.2) is 0 Å². The molecule has 0 spiro atoms. The second-order valence-electron chi connectivity index (χ2n) is 11.0. The van der Waals surface area contributed by atoms with Crippen molar-refractivity contribution in [2.24, 2.45) is 17.8 Å². The number of anilines is 1. The number of likely N-dealkylation sites (tertiary alicyclic amines) is 1. The van der Waals surface area contributed by atoms with Crippen LogP contribution in [0.25, 0.3) is 0 Å². The third-order valence-electron chi connectivity index (χ3n) is 8.78. The molecule has 0 unspecified atom stereocenters. The number of amides is 3. The quantitative estimate of drug-likeness (QED) is 0.262. The number of halogens is 3. The molecule has 0 radical (unpaired) electrons. The lowest BCUT2D eigenvalue weighted by Gasteiger charge is -2.54. The van der Waals surface area contributed by atoms with Gasteiger partial charge in [0.2, 0.25) is 17.7 Å². The number of benzene rings is 3. The molecule has 1 fully saturated rings. The largest absolute Gasteiger partial charge is 0.324 e. The van der Waals surface area contributed by atoms with Crippen molar-refractivity contribution in [2.45, 2.75) is 43.5 Å². The summed E-state index contributed by atoms with van der Waals surface area (Å²) in [6.45, 7) is 7.54. The van der Waals surface area contributed by atoms with Crippen molar-refractivity contribution >= 4 is 62.5 Å². The van der Waals surface area contributed by atoms with Crippen LogP contribution in [0, 0.1) is 31.6 Å². The topological polar surface area (TPSA) is 66.5 Å². The van der Waals surface area contributed by atoms with E-state index in [0.29, 0.717) is 5.69 Å². The van der Waals surface area contributed by atoms with Gasteiger partial charge in [0.05, 0.1) is 11.8 Å². The molecule has 200 valence electrons. The highest BCUT2D eigenvalue weighted by Gasteiger charge is 2.73. The fourth-order valence-corrected chi connectivity index (χ4v) is 8.34. The van der Waals surface area contributed by atoms with Crippen molar-refractivity contribution in [3.8, 4) is 0 Å². The molecule has 3 amide bonds. The van der Waals surface area contributed by atoms with Gasteiger partial charge in [-0.2, -0.15) is 0 Å². The van der Waals surface area contributed by atoms with Gasteiger partial charge in [-0.05, 0) is 65.3 Å². The zero-order valence-corrected chi connectivity index (χ0v) is 25.0. The van der Waals surface area contributed by atoms with Gasteiger partial charge < -0.3 is 5.32 Å². The van der Waals surface area contributed by atoms with Crippen molar-refractivity contribution in [2.75, 3.05) is 5.32 Å². The van der Waals surface area contributed by atoms with Gasteiger partial charge in [0.25, 0.3) is 0 Å². The Bertz CT molecular complexity index is 1460. The fourth-order valence-electron chi connectivity index (χ4n) is 6.81. The van der Waals surface area contributed by atoms with Crippen LogP contribution in [-0.4, -0.2) is 28.7 Å². The molecular formula is C31H27BrCl2N2O3. The normalized spacial score (nSPS) is 27.3.